The van der Waals surface area contributed by atoms with Crippen LogP contribution in [0.5, 0.6) is 0 Å². The largest absolute Gasteiger partial charge is 0.381 e. The number of nitrogens with two attached hydrogens (primary N) is 1. The van der Waals surface area contributed by atoms with Crippen LogP contribution in [0, 0.1) is 0 Å². The van der Waals surface area contributed by atoms with E-state index in [1.165, 1.54) is 0 Å². The molecule has 2 aromatic rings. The summed E-state index contributed by atoms with van der Waals surface area (Å²) in [6, 6.07) is 14.4. The summed E-state index contributed by atoms with van der Waals surface area (Å²) in [5, 5.41) is 6.50. The molecule has 0 heterocycles. The molecule has 98 valence electrons. The van der Waals surface area contributed by atoms with E-state index in [1.807, 2.05) is 36.4 Å². The Hall–Kier alpha value is -2.20. The minimum absolute atomic E-state index is 0.572. The fourth-order valence-corrected chi connectivity index (χ4v) is 1.86. The molecule has 4 nitrogen and oxygen atoms in total. The molecule has 2 rings (SSSR count). The van der Waals surface area contributed by atoms with Crippen LogP contribution in [0.15, 0.2) is 48.5 Å². The number of benzene rings is 2. The van der Waals surface area contributed by atoms with Crippen molar-refractivity contribution in [1.29, 1.82) is 0 Å². The van der Waals surface area contributed by atoms with Gasteiger partial charge in [-0.2, -0.15) is 0 Å². The van der Waals surface area contributed by atoms with Crippen molar-refractivity contribution in [3.63, 3.8) is 0 Å². The minimum atomic E-state index is -0.572. The number of urea groups is 1. The zero-order valence-corrected chi connectivity index (χ0v) is 10.9. The molecular formula is C14H14ClN3O. The maximum atomic E-state index is 10.7. The van der Waals surface area contributed by atoms with E-state index in [1.54, 1.807) is 12.1 Å². The van der Waals surface area contributed by atoms with Crippen molar-refractivity contribution in [3.05, 3.63) is 59.1 Å². The van der Waals surface area contributed by atoms with E-state index < -0.39 is 6.03 Å². The van der Waals surface area contributed by atoms with E-state index >= 15 is 0 Å². The molecule has 0 aliphatic rings. The van der Waals surface area contributed by atoms with Crippen LogP contribution in [0.4, 0.5) is 16.2 Å². The zero-order valence-electron chi connectivity index (χ0n) is 10.2. The SMILES string of the molecule is NC(=O)Nc1ccc(NCc2ccccc2Cl)cc1. The molecular weight excluding hydrogens is 262 g/mol. The first kappa shape index (κ1) is 13.2. The van der Waals surface area contributed by atoms with Gasteiger partial charge in [0.25, 0.3) is 0 Å². The molecule has 2 amide bonds. The van der Waals surface area contributed by atoms with Crippen molar-refractivity contribution >= 4 is 29.0 Å². The number of carbonyl (C=O) groups is 1. The second kappa shape index (κ2) is 6.11. The lowest BCUT2D eigenvalue weighted by atomic mass is 10.2. The number of nitrogens with one attached hydrogen (secondary N) is 2. The van der Waals surface area contributed by atoms with Gasteiger partial charge in [0.1, 0.15) is 0 Å². The molecule has 4 N–H and O–H groups in total. The van der Waals surface area contributed by atoms with Crippen molar-refractivity contribution in [1.82, 2.24) is 0 Å². The average Bonchev–Trinajstić information content (AvgIpc) is 2.39. The molecule has 0 aliphatic carbocycles. The van der Waals surface area contributed by atoms with Gasteiger partial charge in [0.05, 0.1) is 0 Å². The molecule has 0 fully saturated rings. The van der Waals surface area contributed by atoms with Crippen LogP contribution in [0.2, 0.25) is 5.02 Å². The fraction of sp³-hybridized carbons (Fsp3) is 0.0714. The Balaban J connectivity index is 1.97. The Labute approximate surface area is 116 Å². The molecule has 2 aromatic carbocycles. The van der Waals surface area contributed by atoms with Gasteiger partial charge < -0.3 is 16.4 Å². The highest BCUT2D eigenvalue weighted by Crippen LogP contribution is 2.18. The van der Waals surface area contributed by atoms with E-state index in [0.29, 0.717) is 12.2 Å². The summed E-state index contributed by atoms with van der Waals surface area (Å²) in [6.07, 6.45) is 0. The minimum Gasteiger partial charge on any atom is -0.381 e. The number of primary amides is 1. The first-order valence-corrected chi connectivity index (χ1v) is 6.17. The molecule has 19 heavy (non-hydrogen) atoms. The summed E-state index contributed by atoms with van der Waals surface area (Å²) in [6.45, 7) is 0.641. The number of hydrogen-bond acceptors (Lipinski definition) is 2. The molecule has 0 atom stereocenters. The second-order valence-corrected chi connectivity index (χ2v) is 4.42. The van der Waals surface area contributed by atoms with Crippen molar-refractivity contribution in [2.45, 2.75) is 6.54 Å². The van der Waals surface area contributed by atoms with Gasteiger partial charge in [0, 0.05) is 22.9 Å². The summed E-state index contributed by atoms with van der Waals surface area (Å²) in [7, 11) is 0. The third-order valence-electron chi connectivity index (χ3n) is 2.59. The van der Waals surface area contributed by atoms with Crippen molar-refractivity contribution in [2.24, 2.45) is 5.73 Å². The number of halogens is 1. The maximum Gasteiger partial charge on any atom is 0.316 e. The molecule has 0 aliphatic heterocycles. The summed E-state index contributed by atoms with van der Waals surface area (Å²) in [5.74, 6) is 0. The Morgan fingerprint density at radius 1 is 1.05 bits per heavy atom. The molecule has 0 saturated heterocycles. The van der Waals surface area contributed by atoms with E-state index in [9.17, 15) is 4.79 Å². The second-order valence-electron chi connectivity index (χ2n) is 4.01. The van der Waals surface area contributed by atoms with Crippen LogP contribution >= 0.6 is 11.6 Å². The van der Waals surface area contributed by atoms with Crippen molar-refractivity contribution in [3.8, 4) is 0 Å². The van der Waals surface area contributed by atoms with Gasteiger partial charge in [0.15, 0.2) is 0 Å². The van der Waals surface area contributed by atoms with Gasteiger partial charge in [-0.05, 0) is 35.9 Å². The van der Waals surface area contributed by atoms with Crippen LogP contribution < -0.4 is 16.4 Å². The topological polar surface area (TPSA) is 67.2 Å². The van der Waals surface area contributed by atoms with Gasteiger partial charge in [-0.15, -0.1) is 0 Å². The van der Waals surface area contributed by atoms with Gasteiger partial charge >= 0.3 is 6.03 Å². The van der Waals surface area contributed by atoms with E-state index in [2.05, 4.69) is 10.6 Å². The Bertz CT molecular complexity index is 569. The zero-order chi connectivity index (χ0) is 13.7. The smallest absolute Gasteiger partial charge is 0.316 e. The van der Waals surface area contributed by atoms with Gasteiger partial charge in [-0.25, -0.2) is 4.79 Å². The predicted octanol–water partition coefficient (Wildman–Crippen LogP) is 3.44. The highest BCUT2D eigenvalue weighted by molar-refractivity contribution is 6.31. The van der Waals surface area contributed by atoms with E-state index in [4.69, 9.17) is 17.3 Å². The summed E-state index contributed by atoms with van der Waals surface area (Å²) < 4.78 is 0. The predicted molar refractivity (Wildman–Crippen MR) is 78.4 cm³/mol. The van der Waals surface area contributed by atoms with Gasteiger partial charge in [0.2, 0.25) is 0 Å². The fourth-order valence-electron chi connectivity index (χ4n) is 1.65. The number of amides is 2. The standard InChI is InChI=1S/C14H14ClN3O/c15-13-4-2-1-3-10(13)9-17-11-5-7-12(8-6-11)18-14(16)19/h1-8,17H,9H2,(H3,16,18,19). The highest BCUT2D eigenvalue weighted by Gasteiger charge is 2.00. The molecule has 0 radical (unpaired) electrons. The molecule has 0 spiro atoms. The lowest BCUT2D eigenvalue weighted by molar-refractivity contribution is 0.259. The molecule has 5 heteroatoms. The quantitative estimate of drug-likeness (QED) is 0.800. The Kier molecular flexibility index (Phi) is 4.26. The molecule has 0 aromatic heterocycles. The third-order valence-corrected chi connectivity index (χ3v) is 2.96. The third kappa shape index (κ3) is 3.89. The average molecular weight is 276 g/mol. The van der Waals surface area contributed by atoms with Crippen molar-refractivity contribution in [2.75, 3.05) is 10.6 Å². The maximum absolute atomic E-state index is 10.7. The molecule has 0 bridgehead atoms. The normalized spacial score (nSPS) is 9.95. The van der Waals surface area contributed by atoms with Crippen LogP contribution in [0.3, 0.4) is 0 Å². The van der Waals surface area contributed by atoms with Crippen LogP contribution in [0.1, 0.15) is 5.56 Å². The van der Waals surface area contributed by atoms with Crippen molar-refractivity contribution < 1.29 is 4.79 Å². The highest BCUT2D eigenvalue weighted by atomic mass is 35.5. The summed E-state index contributed by atoms with van der Waals surface area (Å²) in [5.41, 5.74) is 7.67. The summed E-state index contributed by atoms with van der Waals surface area (Å²) >= 11 is 6.07. The molecule has 0 saturated carbocycles. The van der Waals surface area contributed by atoms with Gasteiger partial charge in [-0.1, -0.05) is 29.8 Å². The lowest BCUT2D eigenvalue weighted by Crippen LogP contribution is -2.19. The number of rotatable bonds is 4. The van der Waals surface area contributed by atoms with Gasteiger partial charge in [-0.3, -0.25) is 0 Å². The first-order valence-electron chi connectivity index (χ1n) is 5.79. The number of anilines is 2. The Morgan fingerprint density at radius 3 is 2.32 bits per heavy atom. The van der Waals surface area contributed by atoms with Crippen LogP contribution in [0.25, 0.3) is 0 Å². The van der Waals surface area contributed by atoms with E-state index in [-0.39, 0.29) is 0 Å². The number of carbonyl (C=O) groups excluding carboxylic acids is 1. The first-order chi connectivity index (χ1) is 9.15. The number of hydrogen-bond donors (Lipinski definition) is 3. The van der Waals surface area contributed by atoms with Crippen LogP contribution in [-0.2, 0) is 6.54 Å². The molecule has 0 unspecified atom stereocenters. The monoisotopic (exact) mass is 275 g/mol. The van der Waals surface area contributed by atoms with Crippen LogP contribution in [-0.4, -0.2) is 6.03 Å². The Morgan fingerprint density at radius 2 is 1.68 bits per heavy atom. The lowest BCUT2D eigenvalue weighted by Gasteiger charge is -2.09. The van der Waals surface area contributed by atoms with E-state index in [0.717, 1.165) is 16.3 Å². The summed E-state index contributed by atoms with van der Waals surface area (Å²) in [4.78, 5) is 10.7.